The molecule has 1 aliphatic heterocycles. The molecule has 6 nitrogen and oxygen atoms in total. The van der Waals surface area contributed by atoms with E-state index in [9.17, 15) is 9.59 Å². The number of hydrogen-bond donors (Lipinski definition) is 0. The highest BCUT2D eigenvalue weighted by Gasteiger charge is 2.10. The third-order valence-corrected chi connectivity index (χ3v) is 2.56. The minimum atomic E-state index is -0.526. The quantitative estimate of drug-likeness (QED) is 0.492. The summed E-state index contributed by atoms with van der Waals surface area (Å²) in [6.07, 6.45) is 2.94. The lowest BCUT2D eigenvalue weighted by Crippen LogP contribution is -2.38. The van der Waals surface area contributed by atoms with Gasteiger partial charge >= 0.3 is 11.9 Å². The second-order valence-electron chi connectivity index (χ2n) is 4.12. The molecule has 0 spiro atoms. The van der Waals surface area contributed by atoms with Crippen LogP contribution in [-0.2, 0) is 23.8 Å². The van der Waals surface area contributed by atoms with E-state index in [-0.39, 0.29) is 0 Å². The molecule has 108 valence electrons. The monoisotopic (exact) mass is 271 g/mol. The zero-order chi connectivity index (χ0) is 13.9. The topological polar surface area (TPSA) is 65.1 Å². The molecule has 1 rings (SSSR count). The Hall–Kier alpha value is -1.40. The van der Waals surface area contributed by atoms with Crippen molar-refractivity contribution in [1.29, 1.82) is 0 Å². The Morgan fingerprint density at radius 3 is 2.26 bits per heavy atom. The summed E-state index contributed by atoms with van der Waals surface area (Å²) in [6.45, 7) is 6.41. The molecular formula is C13H21NO5. The summed E-state index contributed by atoms with van der Waals surface area (Å²) in [5, 5.41) is 0. The molecule has 1 heterocycles. The highest BCUT2D eigenvalue weighted by molar-refractivity contribution is 5.91. The second kappa shape index (κ2) is 9.52. The zero-order valence-electron chi connectivity index (χ0n) is 11.3. The summed E-state index contributed by atoms with van der Waals surface area (Å²) in [7, 11) is 0. The summed E-state index contributed by atoms with van der Waals surface area (Å²) < 4.78 is 15.0. The third-order valence-electron chi connectivity index (χ3n) is 2.56. The van der Waals surface area contributed by atoms with Crippen molar-refractivity contribution in [1.82, 2.24) is 4.90 Å². The van der Waals surface area contributed by atoms with Crippen LogP contribution in [-0.4, -0.2) is 62.9 Å². The molecule has 0 bridgehead atoms. The van der Waals surface area contributed by atoms with Crippen molar-refractivity contribution in [2.45, 2.75) is 13.3 Å². The number of carbonyl (C=O) groups is 2. The Morgan fingerprint density at radius 2 is 1.68 bits per heavy atom. The Bertz CT molecular complexity index is 310. The first-order valence-corrected chi connectivity index (χ1v) is 6.54. The fraction of sp³-hybridized carbons (Fsp3) is 0.692. The highest BCUT2D eigenvalue weighted by atomic mass is 16.5. The molecule has 1 saturated heterocycles. The van der Waals surface area contributed by atoms with E-state index in [1.807, 2.05) is 6.92 Å². The van der Waals surface area contributed by atoms with Crippen LogP contribution in [0, 0.1) is 0 Å². The smallest absolute Gasteiger partial charge is 0.331 e. The molecule has 1 fully saturated rings. The standard InChI is InChI=1S/C13H21NO5/c1-2-8-18-12(15)3-4-13(16)19-11-7-14-5-9-17-10-6-14/h3-4H,2,5-11H2,1H3/b4-3+. The van der Waals surface area contributed by atoms with E-state index in [1.54, 1.807) is 0 Å². The molecule has 1 aliphatic rings. The van der Waals surface area contributed by atoms with E-state index >= 15 is 0 Å². The molecular weight excluding hydrogens is 250 g/mol. The van der Waals surface area contributed by atoms with Crippen molar-refractivity contribution in [2.24, 2.45) is 0 Å². The number of nitrogens with zero attached hydrogens (tertiary/aromatic N) is 1. The SMILES string of the molecule is CCCOC(=O)/C=C/C(=O)OCCN1CCOCC1. The van der Waals surface area contributed by atoms with Gasteiger partial charge in [-0.15, -0.1) is 0 Å². The molecule has 0 radical (unpaired) electrons. The zero-order valence-corrected chi connectivity index (χ0v) is 11.3. The van der Waals surface area contributed by atoms with Crippen molar-refractivity contribution in [3.63, 3.8) is 0 Å². The number of rotatable bonds is 7. The van der Waals surface area contributed by atoms with Crippen LogP contribution in [0.1, 0.15) is 13.3 Å². The number of carbonyl (C=O) groups excluding carboxylic acids is 2. The van der Waals surface area contributed by atoms with Crippen LogP contribution in [0.5, 0.6) is 0 Å². The van der Waals surface area contributed by atoms with Crippen LogP contribution in [0.2, 0.25) is 0 Å². The molecule has 0 N–H and O–H groups in total. The van der Waals surface area contributed by atoms with Crippen LogP contribution >= 0.6 is 0 Å². The van der Waals surface area contributed by atoms with Crippen molar-refractivity contribution in [3.8, 4) is 0 Å². The Labute approximate surface area is 113 Å². The Balaban J connectivity index is 2.09. The molecule has 0 unspecified atom stereocenters. The second-order valence-corrected chi connectivity index (χ2v) is 4.12. The van der Waals surface area contributed by atoms with Crippen molar-refractivity contribution < 1.29 is 23.8 Å². The van der Waals surface area contributed by atoms with Crippen molar-refractivity contribution >= 4 is 11.9 Å². The van der Waals surface area contributed by atoms with Crippen molar-refractivity contribution in [2.75, 3.05) is 46.1 Å². The fourth-order valence-electron chi connectivity index (χ4n) is 1.54. The van der Waals surface area contributed by atoms with Gasteiger partial charge in [0, 0.05) is 31.8 Å². The molecule has 6 heteroatoms. The largest absolute Gasteiger partial charge is 0.463 e. The first kappa shape index (κ1) is 15.7. The molecule has 0 aromatic heterocycles. The molecule has 0 atom stereocenters. The van der Waals surface area contributed by atoms with Gasteiger partial charge in [-0.25, -0.2) is 9.59 Å². The van der Waals surface area contributed by atoms with Gasteiger partial charge in [0.25, 0.3) is 0 Å². The van der Waals surface area contributed by atoms with E-state index in [0.717, 1.165) is 44.9 Å². The van der Waals surface area contributed by atoms with Gasteiger partial charge in [0.05, 0.1) is 19.8 Å². The van der Waals surface area contributed by atoms with E-state index in [2.05, 4.69) is 4.90 Å². The maximum absolute atomic E-state index is 11.3. The molecule has 0 saturated carbocycles. The average molecular weight is 271 g/mol. The van der Waals surface area contributed by atoms with Crippen LogP contribution in [0.25, 0.3) is 0 Å². The van der Waals surface area contributed by atoms with Crippen LogP contribution in [0.15, 0.2) is 12.2 Å². The van der Waals surface area contributed by atoms with Crippen LogP contribution in [0.4, 0.5) is 0 Å². The lowest BCUT2D eigenvalue weighted by atomic mass is 10.4. The molecule has 19 heavy (non-hydrogen) atoms. The van der Waals surface area contributed by atoms with Gasteiger partial charge in [0.15, 0.2) is 0 Å². The Morgan fingerprint density at radius 1 is 1.11 bits per heavy atom. The molecule has 0 amide bonds. The minimum absolute atomic E-state index is 0.313. The fourth-order valence-corrected chi connectivity index (χ4v) is 1.54. The van der Waals surface area contributed by atoms with Crippen LogP contribution in [0.3, 0.4) is 0 Å². The van der Waals surface area contributed by atoms with Gasteiger partial charge in [-0.1, -0.05) is 6.92 Å². The van der Waals surface area contributed by atoms with Crippen LogP contribution < -0.4 is 0 Å². The third kappa shape index (κ3) is 7.58. The molecule has 0 aromatic carbocycles. The van der Waals surface area contributed by atoms with E-state index in [1.165, 1.54) is 0 Å². The summed E-state index contributed by atoms with van der Waals surface area (Å²) in [5.74, 6) is -1.05. The Kier molecular flexibility index (Phi) is 7.84. The summed E-state index contributed by atoms with van der Waals surface area (Å²) in [4.78, 5) is 24.6. The number of esters is 2. The van der Waals surface area contributed by atoms with Gasteiger partial charge < -0.3 is 14.2 Å². The number of ether oxygens (including phenoxy) is 3. The first-order valence-electron chi connectivity index (χ1n) is 6.54. The summed E-state index contributed by atoms with van der Waals surface area (Å²) in [5.41, 5.74) is 0. The first-order chi connectivity index (χ1) is 9.22. The highest BCUT2D eigenvalue weighted by Crippen LogP contribution is 1.96. The average Bonchev–Trinajstić information content (AvgIpc) is 2.44. The van der Waals surface area contributed by atoms with Crippen molar-refractivity contribution in [3.05, 3.63) is 12.2 Å². The number of hydrogen-bond acceptors (Lipinski definition) is 6. The lowest BCUT2D eigenvalue weighted by molar-refractivity contribution is -0.140. The predicted octanol–water partition coefficient (Wildman–Crippen LogP) is 0.371. The predicted molar refractivity (Wildman–Crippen MR) is 68.6 cm³/mol. The molecule has 0 aromatic rings. The van der Waals surface area contributed by atoms with Gasteiger partial charge in [0.2, 0.25) is 0 Å². The summed E-state index contributed by atoms with van der Waals surface area (Å²) in [6, 6.07) is 0. The van der Waals surface area contributed by atoms with Gasteiger partial charge in [-0.3, -0.25) is 4.90 Å². The maximum Gasteiger partial charge on any atom is 0.331 e. The molecule has 0 aliphatic carbocycles. The van der Waals surface area contributed by atoms with Gasteiger partial charge in [-0.05, 0) is 6.42 Å². The summed E-state index contributed by atoms with van der Waals surface area (Å²) >= 11 is 0. The van der Waals surface area contributed by atoms with Gasteiger partial charge in [-0.2, -0.15) is 0 Å². The van der Waals surface area contributed by atoms with Gasteiger partial charge in [0.1, 0.15) is 6.61 Å². The number of morpholine rings is 1. The van der Waals surface area contributed by atoms with E-state index in [4.69, 9.17) is 14.2 Å². The normalized spacial score (nSPS) is 16.5. The van der Waals surface area contributed by atoms with E-state index < -0.39 is 11.9 Å². The minimum Gasteiger partial charge on any atom is -0.463 e. The lowest BCUT2D eigenvalue weighted by Gasteiger charge is -2.25. The maximum atomic E-state index is 11.3. The van der Waals surface area contributed by atoms with E-state index in [0.29, 0.717) is 19.8 Å².